The van der Waals surface area contributed by atoms with Crippen LogP contribution in [0.25, 0.3) is 5.57 Å². The fourth-order valence-electron chi connectivity index (χ4n) is 3.76. The Bertz CT molecular complexity index is 1140. The number of carbonyl (C=O) groups is 1. The summed E-state index contributed by atoms with van der Waals surface area (Å²) in [6.45, 7) is 7.34. The summed E-state index contributed by atoms with van der Waals surface area (Å²) in [5.41, 5.74) is 3.44. The highest BCUT2D eigenvalue weighted by molar-refractivity contribution is 7.97. The molecule has 0 radical (unpaired) electrons. The lowest BCUT2D eigenvalue weighted by Crippen LogP contribution is -2.41. The third-order valence-corrected chi connectivity index (χ3v) is 7.52. The second-order valence-electron chi connectivity index (χ2n) is 7.45. The lowest BCUT2D eigenvalue weighted by Gasteiger charge is -2.32. The van der Waals surface area contributed by atoms with Gasteiger partial charge in [-0.25, -0.2) is 8.42 Å². The Morgan fingerprint density at radius 3 is 2.19 bits per heavy atom. The van der Waals surface area contributed by atoms with E-state index in [0.717, 1.165) is 11.1 Å². The van der Waals surface area contributed by atoms with Crippen LogP contribution in [0, 0.1) is 6.92 Å². The minimum Gasteiger partial charge on any atom is -0.493 e. The largest absolute Gasteiger partial charge is 0.493 e. The predicted octanol–water partition coefficient (Wildman–Crippen LogP) is 3.79. The molecule has 1 aliphatic heterocycles. The van der Waals surface area contributed by atoms with Crippen LogP contribution in [0.2, 0.25) is 0 Å². The van der Waals surface area contributed by atoms with E-state index in [-0.39, 0.29) is 17.5 Å². The average Bonchev–Trinajstić information content (AvgIpc) is 2.73. The van der Waals surface area contributed by atoms with Crippen molar-refractivity contribution in [1.82, 2.24) is 5.32 Å². The summed E-state index contributed by atoms with van der Waals surface area (Å²) in [5.74, 6) is 0.247. The third kappa shape index (κ3) is 3.99. The Kier molecular flexibility index (Phi) is 6.31. The topological polar surface area (TPSA) is 84.9 Å². The molecule has 166 valence electrons. The molecule has 31 heavy (non-hydrogen) atoms. The van der Waals surface area contributed by atoms with Crippen molar-refractivity contribution in [2.45, 2.75) is 33.7 Å². The van der Waals surface area contributed by atoms with E-state index in [2.05, 4.69) is 5.32 Å². The van der Waals surface area contributed by atoms with Crippen LogP contribution in [-0.4, -0.2) is 35.1 Å². The van der Waals surface area contributed by atoms with Gasteiger partial charge >= 0.3 is 0 Å². The van der Waals surface area contributed by atoms with E-state index in [1.807, 2.05) is 38.1 Å². The van der Waals surface area contributed by atoms with Crippen molar-refractivity contribution in [1.29, 1.82) is 0 Å². The summed E-state index contributed by atoms with van der Waals surface area (Å²) in [4.78, 5) is 12.9. The highest BCUT2D eigenvalue weighted by Crippen LogP contribution is 2.44. The normalized spacial score (nSPS) is 15.9. The van der Waals surface area contributed by atoms with Crippen molar-refractivity contribution >= 4 is 27.2 Å². The lowest BCUT2D eigenvalue weighted by molar-refractivity contribution is -0.117. The number of aryl methyl sites for hydroxylation is 1. The van der Waals surface area contributed by atoms with Crippen LogP contribution in [0.15, 0.2) is 41.3 Å². The van der Waals surface area contributed by atoms with Gasteiger partial charge in [-0.2, -0.15) is 0 Å². The van der Waals surface area contributed by atoms with Crippen molar-refractivity contribution in [3.8, 4) is 11.5 Å². The molecule has 2 aromatic carbocycles. The Balaban J connectivity index is 2.09. The zero-order chi connectivity index (χ0) is 22.9. The van der Waals surface area contributed by atoms with Crippen LogP contribution >= 0.6 is 0 Å². The standard InChI is InChI=1S/C23H28N2O5S/c1-7-25-19-13-21(30-6)20(29-5)12-18(19)15(3)22(31(25,27)28)23(26)24-16(4)17-10-8-14(2)9-11-17/h8-13,16H,7H2,1-6H3,(H,24,26)/t16-/m1/s1. The van der Waals surface area contributed by atoms with Gasteiger partial charge in [0, 0.05) is 18.2 Å². The SMILES string of the molecule is CCN1c2cc(OC)c(OC)cc2C(C)=C(C(=O)N[C@H](C)c2ccc(C)cc2)S1(=O)=O. The molecule has 0 saturated heterocycles. The number of anilines is 1. The van der Waals surface area contributed by atoms with E-state index in [1.54, 1.807) is 26.0 Å². The molecule has 0 aromatic heterocycles. The molecule has 8 heteroatoms. The molecule has 0 unspecified atom stereocenters. The fraction of sp³-hybridized carbons (Fsp3) is 0.348. The monoisotopic (exact) mass is 444 g/mol. The molecule has 0 aliphatic carbocycles. The van der Waals surface area contributed by atoms with Crippen molar-refractivity contribution in [2.24, 2.45) is 0 Å². The van der Waals surface area contributed by atoms with Gasteiger partial charge in [-0.15, -0.1) is 0 Å². The third-order valence-electron chi connectivity index (χ3n) is 5.48. The van der Waals surface area contributed by atoms with E-state index < -0.39 is 15.9 Å². The summed E-state index contributed by atoms with van der Waals surface area (Å²) < 4.78 is 38.8. The summed E-state index contributed by atoms with van der Waals surface area (Å²) in [6.07, 6.45) is 0. The van der Waals surface area contributed by atoms with Crippen LogP contribution in [0.3, 0.4) is 0 Å². The summed E-state index contributed by atoms with van der Waals surface area (Å²) in [6, 6.07) is 10.7. The first-order valence-corrected chi connectivity index (χ1v) is 11.5. The molecule has 1 N–H and O–H groups in total. The van der Waals surface area contributed by atoms with Crippen molar-refractivity contribution in [3.63, 3.8) is 0 Å². The number of nitrogens with one attached hydrogen (secondary N) is 1. The van der Waals surface area contributed by atoms with Gasteiger partial charge in [0.2, 0.25) is 0 Å². The first-order chi connectivity index (χ1) is 14.6. The summed E-state index contributed by atoms with van der Waals surface area (Å²) >= 11 is 0. The molecule has 1 atom stereocenters. The minimum absolute atomic E-state index is 0.169. The van der Waals surface area contributed by atoms with Crippen molar-refractivity contribution in [3.05, 3.63) is 58.0 Å². The summed E-state index contributed by atoms with van der Waals surface area (Å²) in [5, 5.41) is 2.84. The molecule has 1 amide bonds. The number of hydrogen-bond donors (Lipinski definition) is 1. The van der Waals surface area contributed by atoms with E-state index >= 15 is 0 Å². The van der Waals surface area contributed by atoms with E-state index in [9.17, 15) is 13.2 Å². The molecule has 2 aromatic rings. The van der Waals surface area contributed by atoms with Gasteiger partial charge in [-0.05, 0) is 44.9 Å². The quantitative estimate of drug-likeness (QED) is 0.733. The van der Waals surface area contributed by atoms with Crippen molar-refractivity contribution < 1.29 is 22.7 Å². The van der Waals surface area contributed by atoms with Gasteiger partial charge in [0.25, 0.3) is 15.9 Å². The van der Waals surface area contributed by atoms with Gasteiger partial charge < -0.3 is 14.8 Å². The highest BCUT2D eigenvalue weighted by Gasteiger charge is 2.40. The smallest absolute Gasteiger partial charge is 0.270 e. The molecule has 3 rings (SSSR count). The van der Waals surface area contributed by atoms with Gasteiger partial charge in [0.15, 0.2) is 16.4 Å². The predicted molar refractivity (Wildman–Crippen MR) is 122 cm³/mol. The van der Waals surface area contributed by atoms with E-state index in [0.29, 0.717) is 28.3 Å². The Morgan fingerprint density at radius 1 is 1.06 bits per heavy atom. The van der Waals surface area contributed by atoms with Gasteiger partial charge in [0.05, 0.1) is 25.9 Å². The number of methoxy groups -OCH3 is 2. The number of ether oxygens (including phenoxy) is 2. The van der Waals surface area contributed by atoms with Crippen LogP contribution in [0.1, 0.15) is 43.5 Å². The molecule has 1 heterocycles. The number of hydrogen-bond acceptors (Lipinski definition) is 5. The first kappa shape index (κ1) is 22.7. The number of sulfonamides is 1. The average molecular weight is 445 g/mol. The Hall–Kier alpha value is -3.00. The van der Waals surface area contributed by atoms with Gasteiger partial charge in [-0.3, -0.25) is 9.10 Å². The molecular weight excluding hydrogens is 416 g/mol. The van der Waals surface area contributed by atoms with Gasteiger partial charge in [-0.1, -0.05) is 29.8 Å². The van der Waals surface area contributed by atoms with Crippen LogP contribution < -0.4 is 19.1 Å². The second kappa shape index (κ2) is 8.63. The fourth-order valence-corrected chi connectivity index (χ4v) is 5.52. The van der Waals surface area contributed by atoms with E-state index in [1.165, 1.54) is 18.5 Å². The number of amides is 1. The number of nitrogens with zero attached hydrogens (tertiary/aromatic N) is 1. The molecular formula is C23H28N2O5S. The molecule has 7 nitrogen and oxygen atoms in total. The maximum absolute atomic E-state index is 13.4. The van der Waals surface area contributed by atoms with E-state index in [4.69, 9.17) is 9.47 Å². The van der Waals surface area contributed by atoms with Crippen LogP contribution in [0.4, 0.5) is 5.69 Å². The van der Waals surface area contributed by atoms with Crippen molar-refractivity contribution in [2.75, 3.05) is 25.1 Å². The molecule has 0 fully saturated rings. The summed E-state index contributed by atoms with van der Waals surface area (Å²) in [7, 11) is -1.05. The van der Waals surface area contributed by atoms with Crippen LogP contribution in [-0.2, 0) is 14.8 Å². The number of fused-ring (bicyclic) bond motifs is 1. The molecule has 0 spiro atoms. The lowest BCUT2D eigenvalue weighted by atomic mass is 10.0. The number of rotatable bonds is 6. The Labute approximate surface area is 183 Å². The van der Waals surface area contributed by atoms with Gasteiger partial charge in [0.1, 0.15) is 0 Å². The van der Waals surface area contributed by atoms with Crippen LogP contribution in [0.5, 0.6) is 11.5 Å². The number of allylic oxidation sites excluding steroid dienone is 1. The minimum atomic E-state index is -4.05. The zero-order valence-corrected chi connectivity index (χ0v) is 19.5. The highest BCUT2D eigenvalue weighted by atomic mass is 32.2. The first-order valence-electron chi connectivity index (χ1n) is 10.0. The molecule has 0 bridgehead atoms. The molecule has 1 aliphatic rings. The molecule has 0 saturated carbocycles. The zero-order valence-electron chi connectivity index (χ0n) is 18.6. The Morgan fingerprint density at radius 2 is 1.65 bits per heavy atom. The second-order valence-corrected chi connectivity index (χ2v) is 9.25. The maximum atomic E-state index is 13.4. The number of carbonyl (C=O) groups excluding carboxylic acids is 1. The maximum Gasteiger partial charge on any atom is 0.270 e. The number of benzene rings is 2.